The molecule has 0 saturated carbocycles. The van der Waals surface area contributed by atoms with Crippen LogP contribution in [-0.2, 0) is 9.53 Å². The van der Waals surface area contributed by atoms with Gasteiger partial charge in [0.2, 0.25) is 0 Å². The van der Waals surface area contributed by atoms with Crippen LogP contribution in [0.4, 0.5) is 0 Å². The van der Waals surface area contributed by atoms with Gasteiger partial charge in [0.25, 0.3) is 0 Å². The first-order chi connectivity index (χ1) is 9.21. The average Bonchev–Trinajstić information content (AvgIpc) is 2.35. The lowest BCUT2D eigenvalue weighted by Gasteiger charge is -2.41. The Morgan fingerprint density at radius 1 is 1.35 bits per heavy atom. The molecule has 0 radical (unpaired) electrons. The second-order valence-electron chi connectivity index (χ2n) is 7.57. The van der Waals surface area contributed by atoms with Crippen molar-refractivity contribution in [2.24, 2.45) is 11.3 Å². The van der Waals surface area contributed by atoms with Crippen molar-refractivity contribution in [1.82, 2.24) is 10.2 Å². The normalized spacial score (nSPS) is 24.9. The van der Waals surface area contributed by atoms with E-state index in [1.807, 2.05) is 0 Å². The Hall–Kier alpha value is -0.610. The molecule has 20 heavy (non-hydrogen) atoms. The molecule has 1 N–H and O–H groups in total. The zero-order valence-electron chi connectivity index (χ0n) is 14.0. The van der Waals surface area contributed by atoms with Gasteiger partial charge in [0.05, 0.1) is 7.11 Å². The summed E-state index contributed by atoms with van der Waals surface area (Å²) in [4.78, 5) is 14.0. The highest BCUT2D eigenvalue weighted by Crippen LogP contribution is 2.23. The molecule has 0 aromatic carbocycles. The Morgan fingerprint density at radius 3 is 2.50 bits per heavy atom. The third-order valence-corrected chi connectivity index (χ3v) is 3.90. The Balaban J connectivity index is 2.58. The van der Waals surface area contributed by atoms with E-state index in [0.29, 0.717) is 24.4 Å². The van der Waals surface area contributed by atoms with E-state index >= 15 is 0 Å². The van der Waals surface area contributed by atoms with Gasteiger partial charge in [-0.15, -0.1) is 0 Å². The van der Waals surface area contributed by atoms with Gasteiger partial charge < -0.3 is 10.1 Å². The number of ether oxygens (including phenoxy) is 1. The number of likely N-dealkylation sites (tertiary alicyclic amines) is 1. The summed E-state index contributed by atoms with van der Waals surface area (Å²) in [5.74, 6) is 0.311. The zero-order chi connectivity index (χ0) is 15.3. The van der Waals surface area contributed by atoms with Gasteiger partial charge in [0.15, 0.2) is 0 Å². The molecular weight excluding hydrogens is 252 g/mol. The van der Waals surface area contributed by atoms with Crippen LogP contribution in [0, 0.1) is 11.3 Å². The minimum Gasteiger partial charge on any atom is -0.469 e. The molecular formula is C16H32N2O2. The van der Waals surface area contributed by atoms with Crippen LogP contribution in [-0.4, -0.2) is 49.7 Å². The zero-order valence-corrected chi connectivity index (χ0v) is 14.0. The van der Waals surface area contributed by atoms with Crippen molar-refractivity contribution >= 4 is 5.97 Å². The number of carbonyl (C=O) groups is 1. The lowest BCUT2D eigenvalue weighted by atomic mass is 9.89. The predicted octanol–water partition coefficient (Wildman–Crippen LogP) is 2.28. The maximum Gasteiger partial charge on any atom is 0.305 e. The molecule has 118 valence electrons. The Kier molecular flexibility index (Phi) is 6.46. The molecule has 2 atom stereocenters. The third kappa shape index (κ3) is 6.23. The second kappa shape index (κ2) is 7.41. The fourth-order valence-corrected chi connectivity index (χ4v) is 2.73. The third-order valence-electron chi connectivity index (χ3n) is 3.90. The van der Waals surface area contributed by atoms with Crippen LogP contribution in [0.5, 0.6) is 0 Å². The van der Waals surface area contributed by atoms with Crippen molar-refractivity contribution in [2.75, 3.05) is 26.7 Å². The molecule has 1 aliphatic rings. The molecule has 1 aliphatic heterocycles. The summed E-state index contributed by atoms with van der Waals surface area (Å²) in [6, 6.07) is 0.995. The molecule has 1 fully saturated rings. The topological polar surface area (TPSA) is 41.6 Å². The summed E-state index contributed by atoms with van der Waals surface area (Å²) < 4.78 is 4.82. The Morgan fingerprint density at radius 2 is 2.00 bits per heavy atom. The predicted molar refractivity (Wildman–Crippen MR) is 82.7 cm³/mol. The first-order valence-corrected chi connectivity index (χ1v) is 7.75. The molecule has 4 heteroatoms. The van der Waals surface area contributed by atoms with Gasteiger partial charge >= 0.3 is 5.97 Å². The van der Waals surface area contributed by atoms with Crippen molar-refractivity contribution in [1.29, 1.82) is 0 Å². The summed E-state index contributed by atoms with van der Waals surface area (Å²) in [5.41, 5.74) is 0.290. The number of carbonyl (C=O) groups excluding carboxylic acids is 1. The summed E-state index contributed by atoms with van der Waals surface area (Å²) in [7, 11) is 1.47. The molecule has 0 spiro atoms. The fourth-order valence-electron chi connectivity index (χ4n) is 2.73. The maximum absolute atomic E-state index is 11.5. The van der Waals surface area contributed by atoms with Crippen LogP contribution in [0.1, 0.15) is 47.5 Å². The average molecular weight is 284 g/mol. The lowest BCUT2D eigenvalue weighted by Crippen LogP contribution is -2.52. The molecule has 2 unspecified atom stereocenters. The maximum atomic E-state index is 11.5. The van der Waals surface area contributed by atoms with E-state index in [1.54, 1.807) is 0 Å². The highest BCUT2D eigenvalue weighted by Gasteiger charge is 2.30. The molecule has 0 amide bonds. The van der Waals surface area contributed by atoms with Crippen LogP contribution in [0.2, 0.25) is 0 Å². The van der Waals surface area contributed by atoms with Crippen LogP contribution < -0.4 is 5.32 Å². The number of esters is 1. The Bertz CT molecular complexity index is 310. The minimum absolute atomic E-state index is 0.0878. The number of rotatable bonds is 5. The molecule has 1 heterocycles. The van der Waals surface area contributed by atoms with E-state index in [1.165, 1.54) is 7.11 Å². The van der Waals surface area contributed by atoms with Crippen LogP contribution in [0.25, 0.3) is 0 Å². The minimum atomic E-state index is -0.0878. The van der Waals surface area contributed by atoms with Crippen molar-refractivity contribution in [3.05, 3.63) is 0 Å². The number of hydrogen-bond donors (Lipinski definition) is 1. The quantitative estimate of drug-likeness (QED) is 0.787. The van der Waals surface area contributed by atoms with Crippen molar-refractivity contribution in [2.45, 2.75) is 59.5 Å². The highest BCUT2D eigenvalue weighted by molar-refractivity contribution is 5.69. The first kappa shape index (κ1) is 17.4. The molecule has 0 bridgehead atoms. The largest absolute Gasteiger partial charge is 0.469 e. The van der Waals surface area contributed by atoms with E-state index in [2.05, 4.69) is 44.8 Å². The Labute approximate surface area is 124 Å². The molecule has 4 nitrogen and oxygen atoms in total. The SMILES string of the molecule is COC(=O)CC1CC(NCC(C)(C)C)CN(C(C)C)C1. The summed E-state index contributed by atoms with van der Waals surface area (Å²) in [6.07, 6.45) is 1.60. The van der Waals surface area contributed by atoms with E-state index in [4.69, 9.17) is 4.74 Å². The summed E-state index contributed by atoms with van der Waals surface area (Å²) in [5, 5.41) is 3.67. The van der Waals surface area contributed by atoms with Crippen LogP contribution in [0.15, 0.2) is 0 Å². The number of nitrogens with zero attached hydrogens (tertiary/aromatic N) is 1. The van der Waals surface area contributed by atoms with E-state index < -0.39 is 0 Å². The molecule has 0 aromatic heterocycles. The van der Waals surface area contributed by atoms with E-state index in [9.17, 15) is 4.79 Å². The fraction of sp³-hybridized carbons (Fsp3) is 0.938. The number of hydrogen-bond acceptors (Lipinski definition) is 4. The van der Waals surface area contributed by atoms with E-state index in [0.717, 1.165) is 26.1 Å². The van der Waals surface area contributed by atoms with Crippen molar-refractivity contribution < 1.29 is 9.53 Å². The molecule has 0 aromatic rings. The van der Waals surface area contributed by atoms with Crippen molar-refractivity contribution in [3.8, 4) is 0 Å². The number of nitrogens with one attached hydrogen (secondary N) is 1. The summed E-state index contributed by atoms with van der Waals surface area (Å²) >= 11 is 0. The monoisotopic (exact) mass is 284 g/mol. The molecule has 1 saturated heterocycles. The summed E-state index contributed by atoms with van der Waals surface area (Å²) in [6.45, 7) is 14.3. The second-order valence-corrected chi connectivity index (χ2v) is 7.57. The first-order valence-electron chi connectivity index (χ1n) is 7.75. The lowest BCUT2D eigenvalue weighted by molar-refractivity contribution is -0.142. The van der Waals surface area contributed by atoms with Crippen LogP contribution in [0.3, 0.4) is 0 Å². The van der Waals surface area contributed by atoms with Gasteiger partial charge in [-0.25, -0.2) is 0 Å². The molecule has 0 aliphatic carbocycles. The van der Waals surface area contributed by atoms with Crippen LogP contribution >= 0.6 is 0 Å². The smallest absolute Gasteiger partial charge is 0.305 e. The number of methoxy groups -OCH3 is 1. The van der Waals surface area contributed by atoms with Gasteiger partial charge in [-0.2, -0.15) is 0 Å². The van der Waals surface area contributed by atoms with Crippen molar-refractivity contribution in [3.63, 3.8) is 0 Å². The van der Waals surface area contributed by atoms with Gasteiger partial charge in [-0.1, -0.05) is 20.8 Å². The van der Waals surface area contributed by atoms with Gasteiger partial charge in [0, 0.05) is 38.1 Å². The highest BCUT2D eigenvalue weighted by atomic mass is 16.5. The number of piperidine rings is 1. The van der Waals surface area contributed by atoms with Gasteiger partial charge in [-0.05, 0) is 31.6 Å². The van der Waals surface area contributed by atoms with Gasteiger partial charge in [-0.3, -0.25) is 9.69 Å². The standard InChI is InChI=1S/C16H32N2O2/c1-12(2)18-9-13(8-15(19)20-6)7-14(10-18)17-11-16(3,4)5/h12-14,17H,7-11H2,1-6H3. The van der Waals surface area contributed by atoms with Gasteiger partial charge in [0.1, 0.15) is 0 Å². The molecule has 1 rings (SSSR count). The van der Waals surface area contributed by atoms with E-state index in [-0.39, 0.29) is 11.4 Å².